The number of sulfonamides is 1. The summed E-state index contributed by atoms with van der Waals surface area (Å²) < 4.78 is 32.8. The number of aliphatic hydroxyl groups excluding tert-OH is 1. The minimum absolute atomic E-state index is 0.00864. The van der Waals surface area contributed by atoms with Crippen LogP contribution < -0.4 is 10.3 Å². The van der Waals surface area contributed by atoms with Crippen molar-refractivity contribution in [1.29, 1.82) is 0 Å². The fraction of sp³-hybridized carbons (Fsp3) is 0.273. The van der Waals surface area contributed by atoms with E-state index < -0.39 is 15.6 Å². The molecule has 8 nitrogen and oxygen atoms in total. The summed E-state index contributed by atoms with van der Waals surface area (Å²) >= 11 is 0. The van der Waals surface area contributed by atoms with E-state index in [1.165, 1.54) is 38.3 Å². The van der Waals surface area contributed by atoms with E-state index in [1.54, 1.807) is 24.3 Å². The highest BCUT2D eigenvalue weighted by atomic mass is 32.2. The number of Topliss-reactive ketones (excluding diaryl/α,β-unsaturated/α-hetero) is 1. The molecule has 31 heavy (non-hydrogen) atoms. The van der Waals surface area contributed by atoms with Gasteiger partial charge in [-0.05, 0) is 49.7 Å². The van der Waals surface area contributed by atoms with Gasteiger partial charge in [-0.3, -0.25) is 9.59 Å². The Balaban J connectivity index is 1.99. The van der Waals surface area contributed by atoms with E-state index in [1.807, 2.05) is 0 Å². The van der Waals surface area contributed by atoms with E-state index in [9.17, 15) is 23.1 Å². The second-order valence-corrected chi connectivity index (χ2v) is 9.01. The van der Waals surface area contributed by atoms with Crippen molar-refractivity contribution in [3.05, 3.63) is 70.0 Å². The summed E-state index contributed by atoms with van der Waals surface area (Å²) in [5.74, 6) is 0.444. The van der Waals surface area contributed by atoms with Gasteiger partial charge in [-0.15, -0.1) is 0 Å². The largest absolute Gasteiger partial charge is 0.497 e. The van der Waals surface area contributed by atoms with Crippen molar-refractivity contribution >= 4 is 26.7 Å². The van der Waals surface area contributed by atoms with E-state index in [4.69, 9.17) is 4.74 Å². The molecule has 164 valence electrons. The molecular formula is C22H24N2O6S. The standard InChI is InChI=1S/C22H24N2O6S/c1-15(26)16-4-7-20(8-5-16)31(28,29)24(10-3-11-25)14-18-12-17-13-19(30-2)6-9-21(17)23-22(18)27/h4-9,12-13,25H,3,10-11,14H2,1-2H3,(H,23,27). The molecule has 2 aromatic carbocycles. The summed E-state index contributed by atoms with van der Waals surface area (Å²) in [5.41, 5.74) is 0.885. The predicted molar refractivity (Wildman–Crippen MR) is 117 cm³/mol. The zero-order valence-electron chi connectivity index (χ0n) is 17.3. The molecule has 0 unspecified atom stereocenters. The molecule has 3 rings (SSSR count). The Morgan fingerprint density at radius 2 is 1.84 bits per heavy atom. The van der Waals surface area contributed by atoms with Gasteiger partial charge in [0, 0.05) is 41.7 Å². The molecule has 0 saturated carbocycles. The maximum atomic E-state index is 13.2. The van der Waals surface area contributed by atoms with Crippen LogP contribution in [0.5, 0.6) is 5.75 Å². The Hall–Kier alpha value is -3.01. The second kappa shape index (κ2) is 9.42. The highest BCUT2D eigenvalue weighted by Gasteiger charge is 2.25. The number of hydrogen-bond donors (Lipinski definition) is 2. The Bertz CT molecular complexity index is 1250. The molecular weight excluding hydrogens is 420 g/mol. The summed E-state index contributed by atoms with van der Waals surface area (Å²) in [6.45, 7) is 1.07. The van der Waals surface area contributed by atoms with Gasteiger partial charge in [-0.25, -0.2) is 8.42 Å². The van der Waals surface area contributed by atoms with Gasteiger partial charge < -0.3 is 14.8 Å². The van der Waals surface area contributed by atoms with Gasteiger partial charge in [0.1, 0.15) is 5.75 Å². The number of H-pyrrole nitrogens is 1. The number of rotatable bonds is 9. The highest BCUT2D eigenvalue weighted by molar-refractivity contribution is 7.89. The van der Waals surface area contributed by atoms with E-state index in [-0.39, 0.29) is 42.4 Å². The molecule has 1 heterocycles. The van der Waals surface area contributed by atoms with Crippen molar-refractivity contribution in [2.75, 3.05) is 20.3 Å². The van der Waals surface area contributed by atoms with Crippen LogP contribution in [0.1, 0.15) is 29.3 Å². The number of pyridine rings is 1. The van der Waals surface area contributed by atoms with Crippen molar-refractivity contribution in [3.63, 3.8) is 0 Å². The topological polar surface area (TPSA) is 117 Å². The molecule has 0 aliphatic carbocycles. The number of hydrogen-bond acceptors (Lipinski definition) is 6. The summed E-state index contributed by atoms with van der Waals surface area (Å²) in [7, 11) is -2.43. The van der Waals surface area contributed by atoms with Crippen molar-refractivity contribution in [1.82, 2.24) is 9.29 Å². The number of methoxy groups -OCH3 is 1. The molecule has 0 amide bonds. The quantitative estimate of drug-likeness (QED) is 0.489. The monoisotopic (exact) mass is 444 g/mol. The number of ketones is 1. The lowest BCUT2D eigenvalue weighted by molar-refractivity contribution is 0.101. The number of aromatic nitrogens is 1. The van der Waals surface area contributed by atoms with E-state index in [2.05, 4.69) is 4.98 Å². The summed E-state index contributed by atoms with van der Waals surface area (Å²) in [4.78, 5) is 26.8. The maximum Gasteiger partial charge on any atom is 0.252 e. The third-order valence-corrected chi connectivity index (χ3v) is 6.80. The number of aromatic amines is 1. The summed E-state index contributed by atoms with van der Waals surface area (Å²) in [6, 6.07) is 12.5. The molecule has 0 fully saturated rings. The lowest BCUT2D eigenvalue weighted by Gasteiger charge is -2.22. The van der Waals surface area contributed by atoms with Crippen LogP contribution in [0, 0.1) is 0 Å². The van der Waals surface area contributed by atoms with Gasteiger partial charge in [-0.1, -0.05) is 12.1 Å². The van der Waals surface area contributed by atoms with E-state index in [0.717, 1.165) is 4.31 Å². The van der Waals surface area contributed by atoms with Crippen molar-refractivity contribution < 1.29 is 23.1 Å². The van der Waals surface area contributed by atoms with Gasteiger partial charge in [0.15, 0.2) is 5.78 Å². The van der Waals surface area contributed by atoms with E-state index >= 15 is 0 Å². The van der Waals surface area contributed by atoms with Gasteiger partial charge in [0.05, 0.1) is 12.0 Å². The van der Waals surface area contributed by atoms with Gasteiger partial charge in [-0.2, -0.15) is 4.31 Å². The highest BCUT2D eigenvalue weighted by Crippen LogP contribution is 2.22. The van der Waals surface area contributed by atoms with Crippen LogP contribution in [-0.2, 0) is 16.6 Å². The number of nitrogens with zero attached hydrogens (tertiary/aromatic N) is 1. The fourth-order valence-corrected chi connectivity index (χ4v) is 4.66. The molecule has 0 spiro atoms. The SMILES string of the molecule is COc1ccc2[nH]c(=O)c(CN(CCCO)S(=O)(=O)c3ccc(C(C)=O)cc3)cc2c1. The molecule has 0 saturated heterocycles. The number of nitrogens with one attached hydrogen (secondary N) is 1. The van der Waals surface area contributed by atoms with Gasteiger partial charge >= 0.3 is 0 Å². The van der Waals surface area contributed by atoms with Crippen molar-refractivity contribution in [3.8, 4) is 5.75 Å². The lowest BCUT2D eigenvalue weighted by Crippen LogP contribution is -2.34. The van der Waals surface area contributed by atoms with Gasteiger partial charge in [0.25, 0.3) is 5.56 Å². The van der Waals surface area contributed by atoms with Crippen molar-refractivity contribution in [2.24, 2.45) is 0 Å². The fourth-order valence-electron chi connectivity index (χ4n) is 3.21. The number of aliphatic hydroxyl groups is 1. The molecule has 1 aromatic heterocycles. The normalized spacial score (nSPS) is 11.7. The summed E-state index contributed by atoms with van der Waals surface area (Å²) in [6.07, 6.45) is 0.212. The first-order valence-corrected chi connectivity index (χ1v) is 11.1. The second-order valence-electron chi connectivity index (χ2n) is 7.07. The molecule has 0 aliphatic rings. The first-order chi connectivity index (χ1) is 14.8. The number of carbonyl (C=O) groups excluding carboxylic acids is 1. The lowest BCUT2D eigenvalue weighted by atomic mass is 10.1. The predicted octanol–water partition coefficient (Wildman–Crippen LogP) is 2.31. The average Bonchev–Trinajstić information content (AvgIpc) is 2.76. The first-order valence-electron chi connectivity index (χ1n) is 9.68. The minimum atomic E-state index is -3.96. The van der Waals surface area contributed by atoms with Crippen LogP contribution in [0.2, 0.25) is 0 Å². The molecule has 0 aliphatic heterocycles. The number of fused-ring (bicyclic) bond motifs is 1. The molecule has 3 aromatic rings. The van der Waals surface area contributed by atoms with E-state index in [0.29, 0.717) is 22.2 Å². The molecule has 9 heteroatoms. The van der Waals surface area contributed by atoms with Crippen LogP contribution in [0.4, 0.5) is 0 Å². The van der Waals surface area contributed by atoms with Crippen molar-refractivity contribution in [2.45, 2.75) is 24.8 Å². The van der Waals surface area contributed by atoms with Gasteiger partial charge in [0.2, 0.25) is 10.0 Å². The Kier molecular flexibility index (Phi) is 6.89. The third kappa shape index (κ3) is 5.01. The van der Waals surface area contributed by atoms with Crippen LogP contribution >= 0.6 is 0 Å². The number of ether oxygens (including phenoxy) is 1. The number of carbonyl (C=O) groups is 1. The Morgan fingerprint density at radius 3 is 2.45 bits per heavy atom. The zero-order valence-corrected chi connectivity index (χ0v) is 18.1. The zero-order chi connectivity index (χ0) is 22.6. The van der Waals surface area contributed by atoms with Crippen LogP contribution in [0.25, 0.3) is 10.9 Å². The smallest absolute Gasteiger partial charge is 0.252 e. The Morgan fingerprint density at radius 1 is 1.13 bits per heavy atom. The molecule has 0 radical (unpaired) electrons. The van der Waals surface area contributed by atoms with Crippen LogP contribution in [0.3, 0.4) is 0 Å². The average molecular weight is 445 g/mol. The third-order valence-electron chi connectivity index (χ3n) is 4.94. The summed E-state index contributed by atoms with van der Waals surface area (Å²) in [5, 5.41) is 9.94. The minimum Gasteiger partial charge on any atom is -0.497 e. The van der Waals surface area contributed by atoms with Crippen LogP contribution in [0.15, 0.2) is 58.2 Å². The Labute approximate surface area is 180 Å². The molecule has 0 bridgehead atoms. The van der Waals surface area contributed by atoms with Crippen LogP contribution in [-0.4, -0.2) is 48.9 Å². The maximum absolute atomic E-state index is 13.2. The molecule has 0 atom stereocenters. The number of benzene rings is 2. The molecule has 2 N–H and O–H groups in total. The first kappa shape index (κ1) is 22.7.